The second kappa shape index (κ2) is 5.89. The lowest BCUT2D eigenvalue weighted by Gasteiger charge is -2.23. The Labute approximate surface area is 108 Å². The first-order valence-electron chi connectivity index (χ1n) is 5.60. The standard InChI is InChI=1S/C11H18ClNO3S/c1-4-7-13(9(2)3)17(14,15)11-6-5-10(8-12)16-11/h5-6,9H,4,7-8H2,1-3H3. The van der Waals surface area contributed by atoms with Crippen molar-refractivity contribution >= 4 is 21.6 Å². The average Bonchev–Trinajstić information content (AvgIpc) is 2.74. The van der Waals surface area contributed by atoms with E-state index in [0.717, 1.165) is 6.42 Å². The molecule has 0 atom stereocenters. The van der Waals surface area contributed by atoms with Gasteiger partial charge in [0, 0.05) is 12.6 Å². The van der Waals surface area contributed by atoms with Crippen LogP contribution in [-0.4, -0.2) is 25.3 Å². The fourth-order valence-corrected chi connectivity index (χ4v) is 3.37. The maximum atomic E-state index is 12.3. The lowest BCUT2D eigenvalue weighted by atomic mass is 10.4. The van der Waals surface area contributed by atoms with Gasteiger partial charge in [-0.2, -0.15) is 4.31 Å². The summed E-state index contributed by atoms with van der Waals surface area (Å²) in [6.07, 6.45) is 0.764. The summed E-state index contributed by atoms with van der Waals surface area (Å²) >= 11 is 5.59. The molecule has 0 saturated heterocycles. The van der Waals surface area contributed by atoms with E-state index in [9.17, 15) is 8.42 Å². The smallest absolute Gasteiger partial charge is 0.276 e. The van der Waals surface area contributed by atoms with E-state index < -0.39 is 10.0 Å². The molecule has 0 aliphatic heterocycles. The van der Waals surface area contributed by atoms with Crippen LogP contribution in [0.15, 0.2) is 21.6 Å². The fourth-order valence-electron chi connectivity index (χ4n) is 1.56. The number of alkyl halides is 1. The molecule has 1 rings (SSSR count). The number of furan rings is 1. The number of hydrogen-bond donors (Lipinski definition) is 0. The van der Waals surface area contributed by atoms with Crippen LogP contribution < -0.4 is 0 Å². The van der Waals surface area contributed by atoms with E-state index in [1.165, 1.54) is 10.4 Å². The summed E-state index contributed by atoms with van der Waals surface area (Å²) in [5.74, 6) is 0.635. The largest absolute Gasteiger partial charge is 0.447 e. The van der Waals surface area contributed by atoms with Crippen molar-refractivity contribution in [1.29, 1.82) is 0 Å². The molecule has 1 aromatic heterocycles. The van der Waals surface area contributed by atoms with Gasteiger partial charge in [-0.25, -0.2) is 8.42 Å². The van der Waals surface area contributed by atoms with Crippen molar-refractivity contribution < 1.29 is 12.8 Å². The van der Waals surface area contributed by atoms with Crippen molar-refractivity contribution in [3.05, 3.63) is 17.9 Å². The number of sulfonamides is 1. The monoisotopic (exact) mass is 279 g/mol. The Bertz CT molecular complexity index is 453. The van der Waals surface area contributed by atoms with Crippen LogP contribution >= 0.6 is 11.6 Å². The molecule has 0 unspecified atom stereocenters. The average molecular weight is 280 g/mol. The highest BCUT2D eigenvalue weighted by atomic mass is 35.5. The highest BCUT2D eigenvalue weighted by Crippen LogP contribution is 2.21. The molecular weight excluding hydrogens is 262 g/mol. The molecule has 0 aromatic carbocycles. The lowest BCUT2D eigenvalue weighted by Crippen LogP contribution is -2.37. The first-order chi connectivity index (χ1) is 7.93. The van der Waals surface area contributed by atoms with E-state index in [2.05, 4.69) is 0 Å². The number of nitrogens with zero attached hydrogens (tertiary/aromatic N) is 1. The van der Waals surface area contributed by atoms with Crippen LogP contribution in [0.5, 0.6) is 0 Å². The number of halogens is 1. The van der Waals surface area contributed by atoms with Crippen molar-refractivity contribution in [3.63, 3.8) is 0 Å². The third kappa shape index (κ3) is 3.24. The Morgan fingerprint density at radius 2 is 2.06 bits per heavy atom. The van der Waals surface area contributed by atoms with Gasteiger partial charge in [-0.3, -0.25) is 0 Å². The Kier molecular flexibility index (Phi) is 5.04. The molecule has 0 aliphatic carbocycles. The van der Waals surface area contributed by atoms with Gasteiger partial charge in [-0.05, 0) is 32.4 Å². The molecule has 6 heteroatoms. The SMILES string of the molecule is CCCN(C(C)C)S(=O)(=O)c1ccc(CCl)o1. The van der Waals surface area contributed by atoms with E-state index in [-0.39, 0.29) is 17.0 Å². The van der Waals surface area contributed by atoms with Crippen molar-refractivity contribution in [2.24, 2.45) is 0 Å². The summed E-state index contributed by atoms with van der Waals surface area (Å²) < 4.78 is 31.2. The molecule has 17 heavy (non-hydrogen) atoms. The summed E-state index contributed by atoms with van der Waals surface area (Å²) in [5, 5.41) is -0.0321. The summed E-state index contributed by atoms with van der Waals surface area (Å²) in [7, 11) is -3.54. The predicted molar refractivity (Wildman–Crippen MR) is 67.6 cm³/mol. The molecule has 0 saturated carbocycles. The normalized spacial score (nSPS) is 12.6. The third-order valence-corrected chi connectivity index (χ3v) is 4.56. The van der Waals surface area contributed by atoms with E-state index in [1.807, 2.05) is 20.8 Å². The lowest BCUT2D eigenvalue weighted by molar-refractivity contribution is 0.333. The van der Waals surface area contributed by atoms with Crippen LogP contribution in [0, 0.1) is 0 Å². The first kappa shape index (κ1) is 14.5. The van der Waals surface area contributed by atoms with E-state index in [1.54, 1.807) is 6.07 Å². The van der Waals surface area contributed by atoms with E-state index in [0.29, 0.717) is 12.3 Å². The Morgan fingerprint density at radius 3 is 2.47 bits per heavy atom. The van der Waals surface area contributed by atoms with Gasteiger partial charge < -0.3 is 4.42 Å². The Morgan fingerprint density at radius 1 is 1.41 bits per heavy atom. The zero-order valence-corrected chi connectivity index (χ0v) is 11.9. The molecule has 0 fully saturated rings. The molecular formula is C11H18ClNO3S. The highest BCUT2D eigenvalue weighted by Gasteiger charge is 2.29. The molecule has 0 aliphatic rings. The molecule has 4 nitrogen and oxygen atoms in total. The summed E-state index contributed by atoms with van der Waals surface area (Å²) in [4.78, 5) is 0. The molecule has 0 amide bonds. The Hall–Kier alpha value is -0.520. The van der Waals surface area contributed by atoms with Crippen LogP contribution in [0.1, 0.15) is 33.0 Å². The summed E-state index contributed by atoms with van der Waals surface area (Å²) in [6, 6.07) is 2.95. The second-order valence-corrected chi connectivity index (χ2v) is 6.15. The summed E-state index contributed by atoms with van der Waals surface area (Å²) in [6.45, 7) is 6.12. The van der Waals surface area contributed by atoms with Crippen LogP contribution in [0.4, 0.5) is 0 Å². The van der Waals surface area contributed by atoms with Crippen molar-refractivity contribution in [2.75, 3.05) is 6.54 Å². The van der Waals surface area contributed by atoms with Crippen LogP contribution in [-0.2, 0) is 15.9 Å². The van der Waals surface area contributed by atoms with E-state index in [4.69, 9.17) is 16.0 Å². The Balaban J connectivity index is 3.07. The molecule has 98 valence electrons. The molecule has 0 radical (unpaired) electrons. The zero-order chi connectivity index (χ0) is 13.1. The van der Waals surface area contributed by atoms with Gasteiger partial charge in [0.2, 0.25) is 5.09 Å². The minimum atomic E-state index is -3.54. The molecule has 0 bridgehead atoms. The number of hydrogen-bond acceptors (Lipinski definition) is 3. The highest BCUT2D eigenvalue weighted by molar-refractivity contribution is 7.89. The minimum Gasteiger partial charge on any atom is -0.447 e. The third-order valence-electron chi connectivity index (χ3n) is 2.35. The van der Waals surface area contributed by atoms with Gasteiger partial charge in [0.25, 0.3) is 10.0 Å². The second-order valence-electron chi connectivity index (χ2n) is 4.06. The molecule has 1 heterocycles. The van der Waals surface area contributed by atoms with Crippen molar-refractivity contribution in [2.45, 2.75) is 44.2 Å². The summed E-state index contributed by atoms with van der Waals surface area (Å²) in [5.41, 5.74) is 0. The van der Waals surface area contributed by atoms with Gasteiger partial charge in [0.1, 0.15) is 5.76 Å². The van der Waals surface area contributed by atoms with Crippen LogP contribution in [0.3, 0.4) is 0 Å². The van der Waals surface area contributed by atoms with Gasteiger partial charge in [-0.15, -0.1) is 11.6 Å². The minimum absolute atomic E-state index is 0.0321. The maximum Gasteiger partial charge on any atom is 0.276 e. The topological polar surface area (TPSA) is 50.5 Å². The van der Waals surface area contributed by atoms with Crippen molar-refractivity contribution in [1.82, 2.24) is 4.31 Å². The van der Waals surface area contributed by atoms with Gasteiger partial charge in [0.05, 0.1) is 5.88 Å². The van der Waals surface area contributed by atoms with Crippen LogP contribution in [0.2, 0.25) is 0 Å². The van der Waals surface area contributed by atoms with E-state index >= 15 is 0 Å². The maximum absolute atomic E-state index is 12.3. The van der Waals surface area contributed by atoms with Crippen molar-refractivity contribution in [3.8, 4) is 0 Å². The zero-order valence-electron chi connectivity index (χ0n) is 10.3. The number of rotatable bonds is 6. The van der Waals surface area contributed by atoms with Crippen LogP contribution in [0.25, 0.3) is 0 Å². The van der Waals surface area contributed by atoms with Gasteiger partial charge in [0.15, 0.2) is 0 Å². The quantitative estimate of drug-likeness (QED) is 0.753. The first-order valence-corrected chi connectivity index (χ1v) is 7.57. The fraction of sp³-hybridized carbons (Fsp3) is 0.636. The predicted octanol–water partition coefficient (Wildman–Crippen LogP) is 2.83. The van der Waals surface area contributed by atoms with Gasteiger partial charge >= 0.3 is 0 Å². The molecule has 1 aromatic rings. The molecule has 0 N–H and O–H groups in total. The molecule has 0 spiro atoms. The van der Waals surface area contributed by atoms with Gasteiger partial charge in [-0.1, -0.05) is 6.92 Å².